The zero-order chi connectivity index (χ0) is 11.7. The van der Waals surface area contributed by atoms with Crippen molar-refractivity contribution in [3.05, 3.63) is 35.1 Å². The molecule has 0 aliphatic rings. The third kappa shape index (κ3) is 1.84. The smallest absolute Gasteiger partial charge is 0.134 e. The maximum Gasteiger partial charge on any atom is 0.134 e. The lowest BCUT2D eigenvalue weighted by Crippen LogP contribution is -2.10. The molecular weight excluding hydrogens is 200 g/mol. The monoisotopic (exact) mass is 218 g/mol. The number of nitrogens with two attached hydrogens (primary N) is 1. The van der Waals surface area contributed by atoms with Gasteiger partial charge < -0.3 is 15.1 Å². The minimum atomic E-state index is 0.555. The van der Waals surface area contributed by atoms with Gasteiger partial charge in [0.15, 0.2) is 0 Å². The Morgan fingerprint density at radius 1 is 1.31 bits per heavy atom. The molecule has 0 aliphatic heterocycles. The first-order valence-electron chi connectivity index (χ1n) is 5.48. The molecule has 0 amide bonds. The van der Waals surface area contributed by atoms with Crippen LogP contribution in [0.2, 0.25) is 0 Å². The van der Waals surface area contributed by atoms with Crippen LogP contribution < -0.4 is 5.73 Å². The van der Waals surface area contributed by atoms with Crippen molar-refractivity contribution in [1.82, 2.24) is 4.90 Å². The maximum atomic E-state index is 5.85. The van der Waals surface area contributed by atoms with Crippen LogP contribution in [-0.4, -0.2) is 19.0 Å². The van der Waals surface area contributed by atoms with Crippen molar-refractivity contribution in [2.75, 3.05) is 14.1 Å². The van der Waals surface area contributed by atoms with Gasteiger partial charge in [-0.15, -0.1) is 0 Å². The van der Waals surface area contributed by atoms with Crippen LogP contribution in [0.1, 0.15) is 16.9 Å². The second-order valence-corrected chi connectivity index (χ2v) is 4.38. The number of benzene rings is 1. The summed E-state index contributed by atoms with van der Waals surface area (Å²) in [5, 5.41) is 1.18. The van der Waals surface area contributed by atoms with Crippen LogP contribution >= 0.6 is 0 Å². The van der Waals surface area contributed by atoms with E-state index in [-0.39, 0.29) is 0 Å². The van der Waals surface area contributed by atoms with E-state index in [4.69, 9.17) is 10.2 Å². The van der Waals surface area contributed by atoms with Crippen LogP contribution in [0, 0.1) is 6.92 Å². The van der Waals surface area contributed by atoms with Gasteiger partial charge in [0.1, 0.15) is 11.3 Å². The summed E-state index contributed by atoms with van der Waals surface area (Å²) in [6, 6.07) is 6.05. The van der Waals surface area contributed by atoms with E-state index in [0.29, 0.717) is 6.54 Å². The average molecular weight is 218 g/mol. The predicted octanol–water partition coefficient (Wildman–Crippen LogP) is 2.26. The number of hydrogen-bond donors (Lipinski definition) is 1. The largest absolute Gasteiger partial charge is 0.459 e. The second-order valence-electron chi connectivity index (χ2n) is 4.38. The van der Waals surface area contributed by atoms with Crippen LogP contribution in [0.4, 0.5) is 0 Å². The topological polar surface area (TPSA) is 42.4 Å². The molecule has 0 atom stereocenters. The lowest BCUT2D eigenvalue weighted by atomic mass is 10.1. The Bertz CT molecular complexity index is 500. The van der Waals surface area contributed by atoms with Crippen molar-refractivity contribution < 1.29 is 4.42 Å². The van der Waals surface area contributed by atoms with E-state index in [1.165, 1.54) is 10.9 Å². The van der Waals surface area contributed by atoms with Gasteiger partial charge in [-0.2, -0.15) is 0 Å². The molecule has 0 bridgehead atoms. The van der Waals surface area contributed by atoms with Crippen molar-refractivity contribution in [1.29, 1.82) is 0 Å². The molecule has 3 heteroatoms. The maximum absolute atomic E-state index is 5.85. The second kappa shape index (κ2) is 4.28. The van der Waals surface area contributed by atoms with Crippen LogP contribution in [-0.2, 0) is 13.1 Å². The Morgan fingerprint density at radius 3 is 2.69 bits per heavy atom. The number of fused-ring (bicyclic) bond motifs is 1. The Kier molecular flexibility index (Phi) is 2.99. The molecule has 1 aromatic carbocycles. The van der Waals surface area contributed by atoms with Crippen molar-refractivity contribution in [2.24, 2.45) is 5.73 Å². The molecule has 0 aliphatic carbocycles. The summed E-state index contributed by atoms with van der Waals surface area (Å²) >= 11 is 0. The van der Waals surface area contributed by atoms with E-state index in [1.807, 2.05) is 26.2 Å². The lowest BCUT2D eigenvalue weighted by Gasteiger charge is -2.07. The number of furan rings is 1. The minimum absolute atomic E-state index is 0.555. The molecule has 1 heterocycles. The van der Waals surface area contributed by atoms with Gasteiger partial charge in [0.05, 0.1) is 6.54 Å². The highest BCUT2D eigenvalue weighted by molar-refractivity contribution is 5.85. The fraction of sp³-hybridized carbons (Fsp3) is 0.385. The first-order valence-corrected chi connectivity index (χ1v) is 5.48. The lowest BCUT2D eigenvalue weighted by molar-refractivity contribution is 0.356. The van der Waals surface area contributed by atoms with Crippen molar-refractivity contribution >= 4 is 11.0 Å². The molecule has 0 fully saturated rings. The van der Waals surface area contributed by atoms with E-state index in [1.54, 1.807) is 0 Å². The molecule has 0 unspecified atom stereocenters. The molecule has 2 N–H and O–H groups in total. The quantitative estimate of drug-likeness (QED) is 0.859. The Labute approximate surface area is 95.8 Å². The molecule has 0 radical (unpaired) electrons. The van der Waals surface area contributed by atoms with Gasteiger partial charge in [-0.25, -0.2) is 0 Å². The van der Waals surface area contributed by atoms with Gasteiger partial charge in [0.25, 0.3) is 0 Å². The Morgan fingerprint density at radius 2 is 2.06 bits per heavy atom. The van der Waals surface area contributed by atoms with E-state index >= 15 is 0 Å². The van der Waals surface area contributed by atoms with E-state index in [0.717, 1.165) is 23.5 Å². The molecule has 0 spiro atoms. The first kappa shape index (κ1) is 11.2. The molecule has 2 rings (SSSR count). The summed E-state index contributed by atoms with van der Waals surface area (Å²) in [5.74, 6) is 1.03. The summed E-state index contributed by atoms with van der Waals surface area (Å²) in [5.41, 5.74) is 9.05. The average Bonchev–Trinajstić information content (AvgIpc) is 2.55. The van der Waals surface area contributed by atoms with E-state index in [2.05, 4.69) is 17.9 Å². The third-order valence-electron chi connectivity index (χ3n) is 2.82. The highest BCUT2D eigenvalue weighted by Crippen LogP contribution is 2.28. The van der Waals surface area contributed by atoms with Gasteiger partial charge in [-0.05, 0) is 32.6 Å². The number of hydrogen-bond acceptors (Lipinski definition) is 3. The molecule has 0 saturated carbocycles. The molecule has 2 aromatic rings. The number of aryl methyl sites for hydroxylation is 1. The van der Waals surface area contributed by atoms with Crippen molar-refractivity contribution in [3.63, 3.8) is 0 Å². The highest BCUT2D eigenvalue weighted by atomic mass is 16.3. The molecule has 86 valence electrons. The summed E-state index contributed by atoms with van der Waals surface area (Å²) < 4.78 is 5.85. The van der Waals surface area contributed by atoms with E-state index < -0.39 is 0 Å². The van der Waals surface area contributed by atoms with Crippen molar-refractivity contribution in [3.8, 4) is 0 Å². The molecular formula is C13H18N2O. The van der Waals surface area contributed by atoms with Crippen LogP contribution in [0.15, 0.2) is 22.6 Å². The Balaban J connectivity index is 2.59. The first-order chi connectivity index (χ1) is 7.63. The van der Waals surface area contributed by atoms with Gasteiger partial charge in [0.2, 0.25) is 0 Å². The van der Waals surface area contributed by atoms with Crippen LogP contribution in [0.3, 0.4) is 0 Å². The molecule has 0 saturated heterocycles. The van der Waals surface area contributed by atoms with Crippen molar-refractivity contribution in [2.45, 2.75) is 20.0 Å². The fourth-order valence-corrected chi connectivity index (χ4v) is 2.04. The normalized spacial score (nSPS) is 11.6. The number of rotatable bonds is 3. The van der Waals surface area contributed by atoms with Crippen LogP contribution in [0.25, 0.3) is 11.0 Å². The predicted molar refractivity (Wildman–Crippen MR) is 66.2 cm³/mol. The molecule has 1 aromatic heterocycles. The summed E-state index contributed by atoms with van der Waals surface area (Å²) in [6.45, 7) is 3.48. The van der Waals surface area contributed by atoms with Gasteiger partial charge >= 0.3 is 0 Å². The summed E-state index contributed by atoms with van der Waals surface area (Å²) in [7, 11) is 4.08. The minimum Gasteiger partial charge on any atom is -0.459 e. The van der Waals surface area contributed by atoms with Gasteiger partial charge in [-0.1, -0.05) is 12.1 Å². The highest BCUT2D eigenvalue weighted by Gasteiger charge is 2.13. The zero-order valence-corrected chi connectivity index (χ0v) is 10.1. The van der Waals surface area contributed by atoms with Gasteiger partial charge in [0, 0.05) is 17.5 Å². The SMILES string of the molecule is Cc1c(CN(C)C)oc2cccc(CN)c12. The van der Waals surface area contributed by atoms with Gasteiger partial charge in [-0.3, -0.25) is 0 Å². The third-order valence-corrected chi connectivity index (χ3v) is 2.82. The molecule has 16 heavy (non-hydrogen) atoms. The molecule has 3 nitrogen and oxygen atoms in total. The zero-order valence-electron chi connectivity index (χ0n) is 10.1. The summed E-state index contributed by atoms with van der Waals surface area (Å²) in [4.78, 5) is 2.10. The number of nitrogens with zero attached hydrogens (tertiary/aromatic N) is 1. The fourth-order valence-electron chi connectivity index (χ4n) is 2.04. The van der Waals surface area contributed by atoms with Crippen LogP contribution in [0.5, 0.6) is 0 Å². The Hall–Kier alpha value is -1.32. The summed E-state index contributed by atoms with van der Waals surface area (Å²) in [6.07, 6.45) is 0. The van der Waals surface area contributed by atoms with E-state index in [9.17, 15) is 0 Å². The standard InChI is InChI=1S/C13H18N2O/c1-9-12(8-15(2)3)16-11-6-4-5-10(7-14)13(9)11/h4-6H,7-8,14H2,1-3H3.